The van der Waals surface area contributed by atoms with Crippen LogP contribution in [0.15, 0.2) is 47.3 Å². The SMILES string of the molecule is COC(=O)C(=O)Cc1nc(=O)c2ccc(C)nc2n1-c1ccccc1. The predicted octanol–water partition coefficient (Wildman–Crippen LogP) is 1.37. The van der Waals surface area contributed by atoms with E-state index >= 15 is 0 Å². The number of Topliss-reactive ketones (excluding diaryl/α,β-unsaturated/α-hetero) is 1. The number of rotatable bonds is 4. The van der Waals surface area contributed by atoms with E-state index in [4.69, 9.17) is 0 Å². The van der Waals surface area contributed by atoms with E-state index in [0.717, 1.165) is 7.11 Å². The second-order valence-corrected chi connectivity index (χ2v) is 5.42. The van der Waals surface area contributed by atoms with Gasteiger partial charge in [-0.15, -0.1) is 0 Å². The molecule has 2 heterocycles. The lowest BCUT2D eigenvalue weighted by Crippen LogP contribution is -2.25. The van der Waals surface area contributed by atoms with Crippen molar-refractivity contribution in [1.29, 1.82) is 0 Å². The molecule has 0 radical (unpaired) electrons. The first-order valence-corrected chi connectivity index (χ1v) is 7.57. The number of hydrogen-bond donors (Lipinski definition) is 0. The fourth-order valence-corrected chi connectivity index (χ4v) is 2.53. The van der Waals surface area contributed by atoms with Crippen molar-refractivity contribution in [3.63, 3.8) is 0 Å². The summed E-state index contributed by atoms with van der Waals surface area (Å²) in [6.45, 7) is 1.80. The molecule has 0 aliphatic carbocycles. The van der Waals surface area contributed by atoms with Gasteiger partial charge in [0.15, 0.2) is 5.65 Å². The molecule has 0 N–H and O–H groups in total. The maximum Gasteiger partial charge on any atom is 0.374 e. The molecule has 0 atom stereocenters. The Balaban J connectivity index is 2.30. The molecule has 3 aromatic rings. The van der Waals surface area contributed by atoms with Crippen LogP contribution in [0.3, 0.4) is 0 Å². The Labute approximate surface area is 142 Å². The number of hydrogen-bond acceptors (Lipinski definition) is 6. The molecule has 1 aromatic carbocycles. The lowest BCUT2D eigenvalue weighted by Gasteiger charge is -2.15. The number of aryl methyl sites for hydroxylation is 1. The van der Waals surface area contributed by atoms with Gasteiger partial charge < -0.3 is 4.74 Å². The summed E-state index contributed by atoms with van der Waals surface area (Å²) in [5.74, 6) is -1.63. The number of carbonyl (C=O) groups is 2. The summed E-state index contributed by atoms with van der Waals surface area (Å²) < 4.78 is 6.06. The van der Waals surface area contributed by atoms with Crippen LogP contribution in [0.25, 0.3) is 16.7 Å². The van der Waals surface area contributed by atoms with Crippen LogP contribution in [0.5, 0.6) is 0 Å². The Morgan fingerprint density at radius 1 is 1.08 bits per heavy atom. The molecule has 0 unspecified atom stereocenters. The zero-order valence-electron chi connectivity index (χ0n) is 13.7. The highest BCUT2D eigenvalue weighted by Gasteiger charge is 2.21. The van der Waals surface area contributed by atoms with Crippen LogP contribution in [0.1, 0.15) is 11.5 Å². The van der Waals surface area contributed by atoms with Gasteiger partial charge >= 0.3 is 5.97 Å². The summed E-state index contributed by atoms with van der Waals surface area (Å²) in [4.78, 5) is 44.2. The number of methoxy groups -OCH3 is 1. The summed E-state index contributed by atoms with van der Waals surface area (Å²) in [5, 5.41) is 0.337. The molecule has 0 saturated carbocycles. The Kier molecular flexibility index (Phi) is 4.38. The van der Waals surface area contributed by atoms with E-state index in [1.165, 1.54) is 0 Å². The first-order valence-electron chi connectivity index (χ1n) is 7.57. The van der Waals surface area contributed by atoms with Crippen molar-refractivity contribution in [3.05, 3.63) is 64.3 Å². The molecule has 0 aliphatic rings. The highest BCUT2D eigenvalue weighted by Crippen LogP contribution is 2.17. The molecule has 25 heavy (non-hydrogen) atoms. The Bertz CT molecular complexity index is 1030. The molecule has 0 spiro atoms. The van der Waals surface area contributed by atoms with Crippen LogP contribution < -0.4 is 5.56 Å². The number of esters is 1. The molecular weight excluding hydrogens is 322 g/mol. The number of nitrogens with zero attached hydrogens (tertiary/aromatic N) is 3. The highest BCUT2D eigenvalue weighted by molar-refractivity contribution is 6.33. The second kappa shape index (κ2) is 6.64. The normalized spacial score (nSPS) is 10.6. The van der Waals surface area contributed by atoms with Crippen molar-refractivity contribution >= 4 is 22.8 Å². The smallest absolute Gasteiger partial charge is 0.374 e. The van der Waals surface area contributed by atoms with Gasteiger partial charge in [-0.05, 0) is 31.2 Å². The van der Waals surface area contributed by atoms with Crippen molar-refractivity contribution < 1.29 is 14.3 Å². The maximum atomic E-state index is 12.3. The number of fused-ring (bicyclic) bond motifs is 1. The summed E-state index contributed by atoms with van der Waals surface area (Å²) in [5.41, 5.74) is 1.29. The second-order valence-electron chi connectivity index (χ2n) is 5.42. The predicted molar refractivity (Wildman–Crippen MR) is 90.6 cm³/mol. The summed E-state index contributed by atoms with van der Waals surface area (Å²) in [6.07, 6.45) is -0.359. The number of pyridine rings is 1. The van der Waals surface area contributed by atoms with Gasteiger partial charge in [0.2, 0.25) is 5.78 Å². The highest BCUT2D eigenvalue weighted by atomic mass is 16.5. The van der Waals surface area contributed by atoms with Crippen LogP contribution >= 0.6 is 0 Å². The third kappa shape index (κ3) is 3.16. The standard InChI is InChI=1S/C18H15N3O4/c1-11-8-9-13-16(19-11)21(12-6-4-3-5-7-12)15(20-17(13)23)10-14(22)18(24)25-2/h3-9H,10H2,1-2H3. The van der Waals surface area contributed by atoms with Crippen LogP contribution in [-0.4, -0.2) is 33.4 Å². The molecule has 0 saturated heterocycles. The molecule has 7 heteroatoms. The molecule has 0 bridgehead atoms. The van der Waals surface area contributed by atoms with Crippen molar-refractivity contribution in [2.45, 2.75) is 13.3 Å². The first kappa shape index (κ1) is 16.5. The molecule has 0 amide bonds. The van der Waals surface area contributed by atoms with Gasteiger partial charge in [-0.1, -0.05) is 18.2 Å². The fourth-order valence-electron chi connectivity index (χ4n) is 2.53. The minimum atomic E-state index is -0.980. The summed E-state index contributed by atoms with van der Waals surface area (Å²) in [7, 11) is 1.13. The number of para-hydroxylation sites is 1. The van der Waals surface area contributed by atoms with E-state index in [1.54, 1.807) is 23.6 Å². The molecule has 0 aliphatic heterocycles. The lowest BCUT2D eigenvalue weighted by molar-refractivity contribution is -0.151. The van der Waals surface area contributed by atoms with E-state index in [-0.39, 0.29) is 12.2 Å². The van der Waals surface area contributed by atoms with Gasteiger partial charge in [0.05, 0.1) is 18.9 Å². The fraction of sp³-hybridized carbons (Fsp3) is 0.167. The van der Waals surface area contributed by atoms with E-state index in [9.17, 15) is 14.4 Å². The van der Waals surface area contributed by atoms with E-state index in [1.807, 2.05) is 30.3 Å². The van der Waals surface area contributed by atoms with Gasteiger partial charge in [0.25, 0.3) is 5.56 Å². The van der Waals surface area contributed by atoms with Crippen LogP contribution in [0, 0.1) is 6.92 Å². The third-order valence-electron chi connectivity index (χ3n) is 3.69. The van der Waals surface area contributed by atoms with Crippen LogP contribution in [-0.2, 0) is 20.7 Å². The van der Waals surface area contributed by atoms with Crippen molar-refractivity contribution in [2.75, 3.05) is 7.11 Å². The quantitative estimate of drug-likeness (QED) is 0.527. The average Bonchev–Trinajstić information content (AvgIpc) is 2.61. The first-order chi connectivity index (χ1) is 12.0. The number of ether oxygens (including phenoxy) is 1. The average molecular weight is 337 g/mol. The molecule has 3 rings (SSSR count). The zero-order chi connectivity index (χ0) is 18.0. The molecule has 126 valence electrons. The van der Waals surface area contributed by atoms with E-state index in [0.29, 0.717) is 22.4 Å². The van der Waals surface area contributed by atoms with Crippen LogP contribution in [0.2, 0.25) is 0 Å². The van der Waals surface area contributed by atoms with Gasteiger partial charge in [0.1, 0.15) is 5.82 Å². The van der Waals surface area contributed by atoms with Gasteiger partial charge in [-0.3, -0.25) is 14.2 Å². The number of benzene rings is 1. The molecular formula is C18H15N3O4. The Morgan fingerprint density at radius 2 is 1.80 bits per heavy atom. The topological polar surface area (TPSA) is 91.2 Å². The Morgan fingerprint density at radius 3 is 2.48 bits per heavy atom. The van der Waals surface area contributed by atoms with E-state index in [2.05, 4.69) is 14.7 Å². The number of ketones is 1. The van der Waals surface area contributed by atoms with Crippen LogP contribution in [0.4, 0.5) is 0 Å². The third-order valence-corrected chi connectivity index (χ3v) is 3.69. The lowest BCUT2D eigenvalue weighted by atomic mass is 10.2. The monoisotopic (exact) mass is 337 g/mol. The van der Waals surface area contributed by atoms with Crippen molar-refractivity contribution in [1.82, 2.24) is 14.5 Å². The summed E-state index contributed by atoms with van der Waals surface area (Å²) in [6, 6.07) is 12.5. The minimum absolute atomic E-state index is 0.136. The van der Waals surface area contributed by atoms with Crippen molar-refractivity contribution in [2.24, 2.45) is 0 Å². The number of aromatic nitrogens is 3. The maximum absolute atomic E-state index is 12.3. The van der Waals surface area contributed by atoms with Gasteiger partial charge in [-0.25, -0.2) is 9.78 Å². The zero-order valence-corrected chi connectivity index (χ0v) is 13.7. The van der Waals surface area contributed by atoms with E-state index < -0.39 is 17.3 Å². The van der Waals surface area contributed by atoms with Gasteiger partial charge in [0, 0.05) is 11.4 Å². The summed E-state index contributed by atoms with van der Waals surface area (Å²) >= 11 is 0. The molecule has 7 nitrogen and oxygen atoms in total. The van der Waals surface area contributed by atoms with Gasteiger partial charge in [-0.2, -0.15) is 4.98 Å². The Hall–Kier alpha value is -3.35. The largest absolute Gasteiger partial charge is 0.463 e. The number of carbonyl (C=O) groups excluding carboxylic acids is 2. The minimum Gasteiger partial charge on any atom is -0.463 e. The molecule has 0 fully saturated rings. The molecule has 2 aromatic heterocycles. The van der Waals surface area contributed by atoms with Crippen molar-refractivity contribution in [3.8, 4) is 5.69 Å².